The summed E-state index contributed by atoms with van der Waals surface area (Å²) in [6.45, 7) is 2.98. The predicted octanol–water partition coefficient (Wildman–Crippen LogP) is 2.86. The summed E-state index contributed by atoms with van der Waals surface area (Å²) in [7, 11) is 0. The number of nitrogens with one attached hydrogen (secondary N) is 2. The van der Waals surface area contributed by atoms with Crippen LogP contribution in [-0.2, 0) is 4.79 Å². The number of carbonyl (C=O) groups excluding carboxylic acids is 1. The Hall–Kier alpha value is -0.530. The van der Waals surface area contributed by atoms with E-state index in [0.717, 1.165) is 32.2 Å². The monoisotopic (exact) mass is 390 g/mol. The number of hydrogen-bond donors (Lipinski definition) is 2. The number of anilines is 1. The highest BCUT2D eigenvalue weighted by Gasteiger charge is 2.40. The Bertz CT molecular complexity index is 475. The zero-order chi connectivity index (χ0) is 13.9. The lowest BCUT2D eigenvalue weighted by Gasteiger charge is -2.27. The molecule has 0 bridgehead atoms. The first-order chi connectivity index (χ1) is 9.07. The first-order valence-electron chi connectivity index (χ1n) is 6.32. The van der Waals surface area contributed by atoms with Crippen molar-refractivity contribution in [2.24, 2.45) is 0 Å². The number of amides is 1. The third kappa shape index (κ3) is 3.32. The van der Waals surface area contributed by atoms with E-state index in [1.807, 2.05) is 0 Å². The van der Waals surface area contributed by atoms with Gasteiger partial charge in [-0.2, -0.15) is 0 Å². The van der Waals surface area contributed by atoms with Crippen LogP contribution in [-0.4, -0.2) is 28.0 Å². The molecule has 19 heavy (non-hydrogen) atoms. The molecule has 1 aliphatic rings. The van der Waals surface area contributed by atoms with Crippen LogP contribution in [0.4, 0.5) is 5.82 Å². The van der Waals surface area contributed by atoms with Crippen LogP contribution in [0.5, 0.6) is 0 Å². The van der Waals surface area contributed by atoms with E-state index in [-0.39, 0.29) is 5.91 Å². The Morgan fingerprint density at radius 1 is 1.58 bits per heavy atom. The van der Waals surface area contributed by atoms with E-state index in [0.29, 0.717) is 15.0 Å². The zero-order valence-corrected chi connectivity index (χ0v) is 13.8. The van der Waals surface area contributed by atoms with Gasteiger partial charge in [-0.1, -0.05) is 13.3 Å². The summed E-state index contributed by atoms with van der Waals surface area (Å²) < 4.78 is 1.15. The van der Waals surface area contributed by atoms with Crippen LogP contribution < -0.4 is 10.6 Å². The summed E-state index contributed by atoms with van der Waals surface area (Å²) in [5.41, 5.74) is -0.455. The molecule has 2 rings (SSSR count). The van der Waals surface area contributed by atoms with Gasteiger partial charge in [-0.3, -0.25) is 4.79 Å². The van der Waals surface area contributed by atoms with Gasteiger partial charge in [0.25, 0.3) is 0 Å². The molecule has 0 radical (unpaired) electrons. The summed E-state index contributed by atoms with van der Waals surface area (Å²) in [5.74, 6) is 0.432. The number of rotatable bonds is 4. The van der Waals surface area contributed by atoms with Crippen LogP contribution in [0.15, 0.2) is 15.4 Å². The maximum atomic E-state index is 12.5. The molecule has 0 aromatic carbocycles. The van der Waals surface area contributed by atoms with Crippen molar-refractivity contribution in [2.45, 2.75) is 38.1 Å². The first-order valence-corrected chi connectivity index (χ1v) is 7.90. The highest BCUT2D eigenvalue weighted by Crippen LogP contribution is 2.27. The zero-order valence-electron chi connectivity index (χ0n) is 10.7. The third-order valence-electron chi connectivity index (χ3n) is 3.29. The number of carbonyl (C=O) groups is 1. The molecule has 1 aromatic rings. The fourth-order valence-corrected chi connectivity index (χ4v) is 3.32. The molecule has 0 spiro atoms. The third-order valence-corrected chi connectivity index (χ3v) is 4.22. The van der Waals surface area contributed by atoms with E-state index in [1.54, 1.807) is 6.20 Å². The maximum absolute atomic E-state index is 12.5. The van der Waals surface area contributed by atoms with Gasteiger partial charge in [0.1, 0.15) is 9.21 Å². The lowest BCUT2D eigenvalue weighted by molar-refractivity contribution is -0.122. The van der Waals surface area contributed by atoms with E-state index in [4.69, 9.17) is 0 Å². The molecule has 1 aromatic heterocycles. The molecule has 1 saturated heterocycles. The van der Waals surface area contributed by atoms with Gasteiger partial charge in [0.15, 0.2) is 5.82 Å². The predicted molar refractivity (Wildman–Crippen MR) is 80.9 cm³/mol. The molecular weight excluding hydrogens is 376 g/mol. The lowest BCUT2D eigenvalue weighted by Crippen LogP contribution is -2.50. The summed E-state index contributed by atoms with van der Waals surface area (Å²) >= 11 is 6.54. The smallest absolute Gasteiger partial charge is 0.245 e. The van der Waals surface area contributed by atoms with Gasteiger partial charge in [-0.25, -0.2) is 9.97 Å². The van der Waals surface area contributed by atoms with Crippen LogP contribution in [0.3, 0.4) is 0 Å². The summed E-state index contributed by atoms with van der Waals surface area (Å²) in [5, 5.41) is 6.20. The van der Waals surface area contributed by atoms with E-state index in [2.05, 4.69) is 59.4 Å². The summed E-state index contributed by atoms with van der Waals surface area (Å²) in [6.07, 6.45) is 5.26. The Labute approximate surface area is 129 Å². The second-order valence-electron chi connectivity index (χ2n) is 4.65. The first kappa shape index (κ1) is 14.9. The van der Waals surface area contributed by atoms with Crippen molar-refractivity contribution in [1.29, 1.82) is 0 Å². The normalized spacial score (nSPS) is 22.5. The van der Waals surface area contributed by atoms with Crippen molar-refractivity contribution in [1.82, 2.24) is 15.3 Å². The standard InChI is InChI=1S/C12H16Br2N4O/c1-2-4-12(5-3-6-16-12)11(19)18-10-9(14)17-8(13)7-15-10/h7,16H,2-6H2,1H3,(H,15,18,19). The molecule has 2 N–H and O–H groups in total. The van der Waals surface area contributed by atoms with E-state index >= 15 is 0 Å². The van der Waals surface area contributed by atoms with Crippen LogP contribution in [0.2, 0.25) is 0 Å². The Morgan fingerprint density at radius 2 is 2.37 bits per heavy atom. The van der Waals surface area contributed by atoms with Gasteiger partial charge < -0.3 is 10.6 Å². The Morgan fingerprint density at radius 3 is 2.95 bits per heavy atom. The number of aromatic nitrogens is 2. The van der Waals surface area contributed by atoms with Crippen LogP contribution in [0, 0.1) is 0 Å². The van der Waals surface area contributed by atoms with Crippen molar-refractivity contribution in [3.05, 3.63) is 15.4 Å². The summed E-state index contributed by atoms with van der Waals surface area (Å²) in [6, 6.07) is 0. The molecule has 1 atom stereocenters. The van der Waals surface area contributed by atoms with Crippen molar-refractivity contribution in [3.8, 4) is 0 Å². The average Bonchev–Trinajstić information content (AvgIpc) is 2.83. The number of hydrogen-bond acceptors (Lipinski definition) is 4. The average molecular weight is 392 g/mol. The van der Waals surface area contributed by atoms with Crippen molar-refractivity contribution in [2.75, 3.05) is 11.9 Å². The minimum absolute atomic E-state index is 0.0239. The Balaban J connectivity index is 2.15. The van der Waals surface area contributed by atoms with Crippen molar-refractivity contribution in [3.63, 3.8) is 0 Å². The van der Waals surface area contributed by atoms with Crippen LogP contribution >= 0.6 is 31.9 Å². The lowest BCUT2D eigenvalue weighted by atomic mass is 9.91. The highest BCUT2D eigenvalue weighted by molar-refractivity contribution is 9.11. The van der Waals surface area contributed by atoms with Gasteiger partial charge in [0, 0.05) is 0 Å². The minimum atomic E-state index is -0.455. The molecule has 1 unspecified atom stereocenters. The topological polar surface area (TPSA) is 66.9 Å². The van der Waals surface area contributed by atoms with E-state index in [1.165, 1.54) is 0 Å². The van der Waals surface area contributed by atoms with Gasteiger partial charge >= 0.3 is 0 Å². The Kier molecular flexibility index (Phi) is 4.92. The molecule has 0 saturated carbocycles. The molecule has 1 amide bonds. The van der Waals surface area contributed by atoms with E-state index in [9.17, 15) is 4.79 Å². The molecule has 1 fully saturated rings. The van der Waals surface area contributed by atoms with Crippen molar-refractivity contribution < 1.29 is 4.79 Å². The van der Waals surface area contributed by atoms with Gasteiger partial charge in [0.2, 0.25) is 5.91 Å². The van der Waals surface area contributed by atoms with Gasteiger partial charge in [0.05, 0.1) is 11.7 Å². The molecular formula is C12H16Br2N4O. The SMILES string of the molecule is CCCC1(C(=O)Nc2ncc(Br)nc2Br)CCCN1. The highest BCUT2D eigenvalue weighted by atomic mass is 79.9. The molecule has 7 heteroatoms. The fourth-order valence-electron chi connectivity index (χ4n) is 2.41. The van der Waals surface area contributed by atoms with Gasteiger partial charge in [-0.15, -0.1) is 0 Å². The van der Waals surface area contributed by atoms with Crippen LogP contribution in [0.1, 0.15) is 32.6 Å². The largest absolute Gasteiger partial charge is 0.307 e. The van der Waals surface area contributed by atoms with Gasteiger partial charge in [-0.05, 0) is 57.7 Å². The van der Waals surface area contributed by atoms with Crippen molar-refractivity contribution >= 4 is 43.6 Å². The molecule has 1 aliphatic heterocycles. The molecule has 5 nitrogen and oxygen atoms in total. The maximum Gasteiger partial charge on any atom is 0.245 e. The van der Waals surface area contributed by atoms with E-state index < -0.39 is 5.54 Å². The summed E-state index contributed by atoms with van der Waals surface area (Å²) in [4.78, 5) is 20.8. The second kappa shape index (κ2) is 6.28. The number of halogens is 2. The second-order valence-corrected chi connectivity index (χ2v) is 6.21. The molecule has 2 heterocycles. The molecule has 0 aliphatic carbocycles. The molecule has 104 valence electrons. The fraction of sp³-hybridized carbons (Fsp3) is 0.583. The quantitative estimate of drug-likeness (QED) is 0.828. The number of nitrogens with zero attached hydrogens (tertiary/aromatic N) is 2. The van der Waals surface area contributed by atoms with Crippen LogP contribution in [0.25, 0.3) is 0 Å². The minimum Gasteiger partial charge on any atom is -0.307 e.